The number of imide groups is 1. The van der Waals surface area contributed by atoms with Crippen LogP contribution in [0.1, 0.15) is 25.8 Å². The predicted octanol–water partition coefficient (Wildman–Crippen LogP) is 2.52. The third kappa shape index (κ3) is 4.22. The van der Waals surface area contributed by atoms with Crippen molar-refractivity contribution in [2.24, 2.45) is 0 Å². The summed E-state index contributed by atoms with van der Waals surface area (Å²) < 4.78 is 0. The molecule has 2 amide bonds. The fourth-order valence-corrected chi connectivity index (χ4v) is 1.90. The molecule has 126 valence electrons. The minimum Gasteiger partial charge on any atom is -0.294 e. The second-order valence-corrected chi connectivity index (χ2v) is 5.08. The van der Waals surface area contributed by atoms with Crippen LogP contribution in [-0.4, -0.2) is 34.0 Å². The van der Waals surface area contributed by atoms with Crippen LogP contribution in [0.25, 0.3) is 5.57 Å². The Morgan fingerprint density at radius 1 is 1.12 bits per heavy atom. The maximum atomic E-state index is 12.5. The number of amides is 2. The number of rotatable bonds is 7. The van der Waals surface area contributed by atoms with E-state index in [1.54, 1.807) is 6.92 Å². The quantitative estimate of drug-likeness (QED) is 0.251. The van der Waals surface area contributed by atoms with Gasteiger partial charge in [0.25, 0.3) is 17.5 Å². The average molecular weight is 330 g/mol. The number of nitrogens with zero attached hydrogens (tertiary/aromatic N) is 2. The topological polar surface area (TPSA) is 97.6 Å². The van der Waals surface area contributed by atoms with Gasteiger partial charge in [0.1, 0.15) is 0 Å². The van der Waals surface area contributed by atoms with Crippen molar-refractivity contribution < 1.29 is 19.3 Å². The summed E-state index contributed by atoms with van der Waals surface area (Å²) >= 11 is 0. The van der Waals surface area contributed by atoms with Crippen LogP contribution in [0.3, 0.4) is 0 Å². The van der Waals surface area contributed by atoms with Crippen molar-refractivity contribution >= 4 is 28.9 Å². The molecule has 0 saturated heterocycles. The molecule has 0 unspecified atom stereocenters. The maximum Gasteiger partial charge on any atom is 0.269 e. The molecular formula is C17H18N2O5. The summed E-state index contributed by atoms with van der Waals surface area (Å²) in [4.78, 5) is 47.1. The largest absolute Gasteiger partial charge is 0.294 e. The summed E-state index contributed by atoms with van der Waals surface area (Å²) in [6, 6.07) is 5.25. The zero-order valence-electron chi connectivity index (χ0n) is 13.6. The van der Waals surface area contributed by atoms with E-state index in [-0.39, 0.29) is 23.4 Å². The van der Waals surface area contributed by atoms with Gasteiger partial charge >= 0.3 is 0 Å². The Hall–Kier alpha value is -3.09. The van der Waals surface area contributed by atoms with Gasteiger partial charge in [0, 0.05) is 24.3 Å². The van der Waals surface area contributed by atoms with Crippen LogP contribution in [0.4, 0.5) is 5.69 Å². The average Bonchev–Trinajstić information content (AvgIpc) is 2.57. The van der Waals surface area contributed by atoms with Gasteiger partial charge in [-0.25, -0.2) is 0 Å². The molecule has 0 atom stereocenters. The first-order chi connectivity index (χ1) is 11.2. The Labute approximate surface area is 139 Å². The van der Waals surface area contributed by atoms with Gasteiger partial charge in [-0.2, -0.15) is 0 Å². The number of hydrogen-bond acceptors (Lipinski definition) is 5. The molecule has 1 aromatic rings. The Bertz CT molecular complexity index is 719. The molecule has 0 N–H and O–H groups in total. The van der Waals surface area contributed by atoms with E-state index in [9.17, 15) is 24.5 Å². The molecule has 0 aromatic heterocycles. The van der Waals surface area contributed by atoms with E-state index in [0.717, 1.165) is 4.90 Å². The van der Waals surface area contributed by atoms with E-state index < -0.39 is 22.5 Å². The lowest BCUT2D eigenvalue weighted by atomic mass is 10.0. The van der Waals surface area contributed by atoms with Gasteiger partial charge in [0.2, 0.25) is 0 Å². The van der Waals surface area contributed by atoms with Crippen molar-refractivity contribution in [2.75, 3.05) is 6.54 Å². The van der Waals surface area contributed by atoms with Gasteiger partial charge in [-0.3, -0.25) is 29.4 Å². The smallest absolute Gasteiger partial charge is 0.269 e. The van der Waals surface area contributed by atoms with Crippen LogP contribution in [0.15, 0.2) is 43.0 Å². The molecule has 7 nitrogen and oxygen atoms in total. The molecule has 7 heteroatoms. The molecule has 0 radical (unpaired) electrons. The number of hydrogen-bond donors (Lipinski definition) is 0. The van der Waals surface area contributed by atoms with Crippen molar-refractivity contribution in [3.05, 3.63) is 58.7 Å². The third-order valence-corrected chi connectivity index (χ3v) is 3.31. The van der Waals surface area contributed by atoms with Gasteiger partial charge in [0.05, 0.1) is 10.5 Å². The van der Waals surface area contributed by atoms with Crippen LogP contribution >= 0.6 is 0 Å². The van der Waals surface area contributed by atoms with Crippen LogP contribution in [0.2, 0.25) is 0 Å². The highest BCUT2D eigenvalue weighted by atomic mass is 16.6. The first-order valence-corrected chi connectivity index (χ1v) is 7.20. The zero-order valence-corrected chi connectivity index (χ0v) is 13.6. The van der Waals surface area contributed by atoms with E-state index in [4.69, 9.17) is 0 Å². The highest BCUT2D eigenvalue weighted by molar-refractivity contribution is 6.28. The molecule has 1 aromatic carbocycles. The molecule has 24 heavy (non-hydrogen) atoms. The van der Waals surface area contributed by atoms with Crippen LogP contribution in [-0.2, 0) is 14.4 Å². The maximum absolute atomic E-state index is 12.5. The van der Waals surface area contributed by atoms with Crippen molar-refractivity contribution in [3.8, 4) is 0 Å². The molecule has 0 aliphatic heterocycles. The SMILES string of the molecule is C=C(C(C)=O)C(=O)N(CCC)C(=O)C(=C)c1ccc([N+](=O)[O-])cc1. The second kappa shape index (κ2) is 7.96. The summed E-state index contributed by atoms with van der Waals surface area (Å²) in [6.45, 7) is 10.1. The van der Waals surface area contributed by atoms with E-state index in [0.29, 0.717) is 12.0 Å². The van der Waals surface area contributed by atoms with Crippen LogP contribution < -0.4 is 0 Å². The molecular weight excluding hydrogens is 312 g/mol. The summed E-state index contributed by atoms with van der Waals surface area (Å²) in [5, 5.41) is 10.7. The van der Waals surface area contributed by atoms with Crippen molar-refractivity contribution in [1.82, 2.24) is 4.90 Å². The molecule has 0 fully saturated rings. The normalized spacial score (nSPS) is 9.92. The number of nitro benzene ring substituents is 1. The highest BCUT2D eigenvalue weighted by Gasteiger charge is 2.27. The van der Waals surface area contributed by atoms with Crippen molar-refractivity contribution in [1.29, 1.82) is 0 Å². The van der Waals surface area contributed by atoms with Crippen LogP contribution in [0, 0.1) is 10.1 Å². The monoisotopic (exact) mass is 330 g/mol. The first kappa shape index (κ1) is 19.0. The summed E-state index contributed by atoms with van der Waals surface area (Å²) in [6.07, 6.45) is 0.496. The molecule has 0 spiro atoms. The number of benzene rings is 1. The Balaban J connectivity index is 3.07. The lowest BCUT2D eigenvalue weighted by Gasteiger charge is -2.21. The molecule has 0 aliphatic rings. The summed E-state index contributed by atoms with van der Waals surface area (Å²) in [5.74, 6) is -1.95. The molecule has 0 bridgehead atoms. The fraction of sp³-hybridized carbons (Fsp3) is 0.235. The molecule has 0 saturated carbocycles. The number of nitro groups is 1. The standard InChI is InChI=1S/C17H18N2O5/c1-5-10-18(16(21)11(2)13(4)20)17(22)12(3)14-6-8-15(9-7-14)19(23)24/h6-9H,2-3,5,10H2,1,4H3. The molecule has 1 rings (SSSR count). The van der Waals surface area contributed by atoms with E-state index in [2.05, 4.69) is 13.2 Å². The first-order valence-electron chi connectivity index (χ1n) is 7.20. The van der Waals surface area contributed by atoms with Crippen molar-refractivity contribution in [2.45, 2.75) is 20.3 Å². The minimum absolute atomic E-state index is 0.00282. The Morgan fingerprint density at radius 3 is 2.08 bits per heavy atom. The number of ketones is 1. The predicted molar refractivity (Wildman–Crippen MR) is 89.0 cm³/mol. The third-order valence-electron chi connectivity index (χ3n) is 3.31. The van der Waals surface area contributed by atoms with Gasteiger partial charge in [-0.15, -0.1) is 0 Å². The number of Topliss-reactive ketones (excluding diaryl/α,β-unsaturated/α-hetero) is 1. The molecule has 0 aliphatic carbocycles. The van der Waals surface area contributed by atoms with Gasteiger partial charge < -0.3 is 0 Å². The van der Waals surface area contributed by atoms with Gasteiger partial charge in [0.15, 0.2) is 5.78 Å². The van der Waals surface area contributed by atoms with E-state index >= 15 is 0 Å². The lowest BCUT2D eigenvalue weighted by molar-refractivity contribution is -0.384. The Morgan fingerprint density at radius 2 is 1.67 bits per heavy atom. The van der Waals surface area contributed by atoms with Crippen LogP contribution in [0.5, 0.6) is 0 Å². The number of non-ortho nitro benzene ring substituents is 1. The van der Waals surface area contributed by atoms with E-state index in [1.165, 1.54) is 31.2 Å². The van der Waals surface area contributed by atoms with Gasteiger partial charge in [-0.1, -0.05) is 20.1 Å². The summed E-state index contributed by atoms with van der Waals surface area (Å²) in [5.41, 5.74) is -0.0465. The fourth-order valence-electron chi connectivity index (χ4n) is 1.90. The summed E-state index contributed by atoms with van der Waals surface area (Å²) in [7, 11) is 0. The Kier molecular flexibility index (Phi) is 6.29. The number of carbonyl (C=O) groups is 3. The second-order valence-electron chi connectivity index (χ2n) is 5.08. The highest BCUT2D eigenvalue weighted by Crippen LogP contribution is 2.20. The molecule has 0 heterocycles. The van der Waals surface area contributed by atoms with Crippen molar-refractivity contribution in [3.63, 3.8) is 0 Å². The minimum atomic E-state index is -0.766. The zero-order chi connectivity index (χ0) is 18.4. The van der Waals surface area contributed by atoms with Gasteiger partial charge in [-0.05, 0) is 31.0 Å². The number of carbonyl (C=O) groups excluding carboxylic acids is 3. The lowest BCUT2D eigenvalue weighted by Crippen LogP contribution is -2.39. The van der Waals surface area contributed by atoms with E-state index in [1.807, 2.05) is 0 Å².